The number of ether oxygens (including phenoxy) is 1. The van der Waals surface area contributed by atoms with E-state index >= 15 is 0 Å². The molecule has 0 saturated carbocycles. The van der Waals surface area contributed by atoms with Crippen molar-refractivity contribution in [2.45, 2.75) is 13.1 Å². The van der Waals surface area contributed by atoms with Gasteiger partial charge in [-0.1, -0.05) is 0 Å². The fraction of sp³-hybridized carbons (Fsp3) is 0.182. The zero-order valence-corrected chi connectivity index (χ0v) is 9.65. The minimum Gasteiger partial charge on any atom is -0.438 e. The maximum absolute atomic E-state index is 12.7. The van der Waals surface area contributed by atoms with Crippen LogP contribution in [-0.2, 0) is 6.18 Å². The number of nitroso groups, excluding NO2 is 1. The number of hydrogen-bond acceptors (Lipinski definition) is 4. The largest absolute Gasteiger partial charge is 0.438 e. The molecule has 0 spiro atoms. The Morgan fingerprint density at radius 1 is 1.32 bits per heavy atom. The minimum absolute atomic E-state index is 0.0776. The van der Waals surface area contributed by atoms with Crippen molar-refractivity contribution in [3.05, 3.63) is 40.4 Å². The lowest BCUT2D eigenvalue weighted by molar-refractivity contribution is -0.137. The fourth-order valence-corrected chi connectivity index (χ4v) is 1.45. The predicted octanol–water partition coefficient (Wildman–Crippen LogP) is 3.93. The van der Waals surface area contributed by atoms with Gasteiger partial charge in [0.15, 0.2) is 0 Å². The van der Waals surface area contributed by atoms with E-state index in [0.29, 0.717) is 11.8 Å². The van der Waals surface area contributed by atoms with Crippen LogP contribution in [0.3, 0.4) is 0 Å². The first-order valence-corrected chi connectivity index (χ1v) is 5.14. The number of nitrogens with one attached hydrogen (secondary N) is 1. The molecule has 0 saturated heterocycles. The molecular formula is C11H8F3N3O2. The summed E-state index contributed by atoms with van der Waals surface area (Å²) in [6.45, 7) is 1.72. The summed E-state index contributed by atoms with van der Waals surface area (Å²) in [5.41, 5.74) is -1.12. The number of aryl methyl sites for hydroxylation is 1. The number of benzene rings is 1. The van der Waals surface area contributed by atoms with Gasteiger partial charge in [-0.05, 0) is 30.3 Å². The molecule has 0 bridgehead atoms. The lowest BCUT2D eigenvalue weighted by Gasteiger charge is -2.10. The van der Waals surface area contributed by atoms with Crippen molar-refractivity contribution in [1.82, 2.24) is 10.2 Å². The number of alkyl halides is 3. The molecule has 1 aromatic carbocycles. The van der Waals surface area contributed by atoms with E-state index in [-0.39, 0.29) is 11.6 Å². The summed E-state index contributed by atoms with van der Waals surface area (Å²) in [6.07, 6.45) is -4.68. The Bertz CT molecular complexity index is 607. The fourth-order valence-electron chi connectivity index (χ4n) is 1.45. The van der Waals surface area contributed by atoms with Crippen LogP contribution in [0.2, 0.25) is 0 Å². The Balaban J connectivity index is 2.35. The highest BCUT2D eigenvalue weighted by molar-refractivity contribution is 5.51. The normalized spacial score (nSPS) is 11.4. The third-order valence-corrected chi connectivity index (χ3v) is 2.28. The Kier molecular flexibility index (Phi) is 3.24. The van der Waals surface area contributed by atoms with Gasteiger partial charge in [0.2, 0.25) is 5.88 Å². The van der Waals surface area contributed by atoms with E-state index in [1.165, 1.54) is 12.1 Å². The summed E-state index contributed by atoms with van der Waals surface area (Å²) in [5.74, 6) is 0.0589. The van der Waals surface area contributed by atoms with Gasteiger partial charge in [0, 0.05) is 11.8 Å². The molecule has 0 radical (unpaired) electrons. The van der Waals surface area contributed by atoms with Crippen molar-refractivity contribution in [1.29, 1.82) is 0 Å². The average Bonchev–Trinajstić information content (AvgIpc) is 2.73. The van der Waals surface area contributed by atoms with Gasteiger partial charge in [0.05, 0.1) is 5.56 Å². The first-order chi connectivity index (χ1) is 8.90. The molecule has 0 aliphatic heterocycles. The van der Waals surface area contributed by atoms with Crippen molar-refractivity contribution in [3.8, 4) is 11.6 Å². The summed E-state index contributed by atoms with van der Waals surface area (Å²) in [4.78, 5) is 10.3. The molecule has 1 heterocycles. The van der Waals surface area contributed by atoms with E-state index in [1.54, 1.807) is 6.92 Å². The molecule has 0 atom stereocenters. The topological polar surface area (TPSA) is 67.3 Å². The molecule has 0 fully saturated rings. The Labute approximate surface area is 105 Å². The molecule has 19 heavy (non-hydrogen) atoms. The van der Waals surface area contributed by atoms with Gasteiger partial charge in [0.1, 0.15) is 11.4 Å². The summed E-state index contributed by atoms with van der Waals surface area (Å²) < 4.78 is 43.2. The van der Waals surface area contributed by atoms with Gasteiger partial charge in [-0.2, -0.15) is 13.2 Å². The highest BCUT2D eigenvalue weighted by Gasteiger charge is 2.34. The molecule has 2 rings (SSSR count). The van der Waals surface area contributed by atoms with Crippen LogP contribution in [-0.4, -0.2) is 10.2 Å². The van der Waals surface area contributed by atoms with Gasteiger partial charge in [0.25, 0.3) is 0 Å². The third-order valence-electron chi connectivity index (χ3n) is 2.28. The second-order valence-electron chi connectivity index (χ2n) is 3.76. The highest BCUT2D eigenvalue weighted by atomic mass is 19.4. The van der Waals surface area contributed by atoms with Gasteiger partial charge in [-0.15, -0.1) is 10.0 Å². The van der Waals surface area contributed by atoms with Crippen LogP contribution < -0.4 is 4.74 Å². The molecule has 5 nitrogen and oxygen atoms in total. The molecule has 1 N–H and O–H groups in total. The van der Waals surface area contributed by atoms with Gasteiger partial charge >= 0.3 is 6.18 Å². The lowest BCUT2D eigenvalue weighted by atomic mass is 10.1. The van der Waals surface area contributed by atoms with E-state index in [9.17, 15) is 18.1 Å². The Hall–Kier alpha value is -2.38. The quantitative estimate of drug-likeness (QED) is 0.860. The molecule has 100 valence electrons. The predicted molar refractivity (Wildman–Crippen MR) is 60.3 cm³/mol. The SMILES string of the molecule is Cc1cc(Oc2ccc(N=O)c(C(F)(F)F)c2)n[nH]1. The number of H-pyrrole nitrogens is 1. The van der Waals surface area contributed by atoms with E-state index in [0.717, 1.165) is 6.07 Å². The summed E-state index contributed by atoms with van der Waals surface area (Å²) in [6, 6.07) is 4.40. The monoisotopic (exact) mass is 271 g/mol. The number of aromatic nitrogens is 2. The van der Waals surface area contributed by atoms with Gasteiger partial charge < -0.3 is 4.74 Å². The van der Waals surface area contributed by atoms with E-state index in [4.69, 9.17) is 4.74 Å². The van der Waals surface area contributed by atoms with Crippen molar-refractivity contribution in [3.63, 3.8) is 0 Å². The average molecular weight is 271 g/mol. The maximum Gasteiger partial charge on any atom is 0.418 e. The zero-order valence-electron chi connectivity index (χ0n) is 9.65. The highest BCUT2D eigenvalue weighted by Crippen LogP contribution is 2.39. The second-order valence-corrected chi connectivity index (χ2v) is 3.76. The van der Waals surface area contributed by atoms with Crippen molar-refractivity contribution >= 4 is 5.69 Å². The summed E-state index contributed by atoms with van der Waals surface area (Å²) in [7, 11) is 0. The first kappa shape index (κ1) is 13.1. The molecule has 0 aliphatic carbocycles. The van der Waals surface area contributed by atoms with Crippen molar-refractivity contribution in [2.24, 2.45) is 5.18 Å². The molecule has 0 unspecified atom stereocenters. The Morgan fingerprint density at radius 3 is 2.58 bits per heavy atom. The van der Waals surface area contributed by atoms with Crippen molar-refractivity contribution < 1.29 is 17.9 Å². The first-order valence-electron chi connectivity index (χ1n) is 5.14. The number of aromatic amines is 1. The van der Waals surface area contributed by atoms with Crippen LogP contribution in [0.4, 0.5) is 18.9 Å². The minimum atomic E-state index is -4.68. The molecule has 2 aromatic rings. The van der Waals surface area contributed by atoms with Gasteiger partial charge in [-0.25, -0.2) is 0 Å². The summed E-state index contributed by atoms with van der Waals surface area (Å²) in [5, 5.41) is 8.66. The van der Waals surface area contributed by atoms with Crippen LogP contribution >= 0.6 is 0 Å². The van der Waals surface area contributed by atoms with Crippen LogP contribution in [0.1, 0.15) is 11.3 Å². The van der Waals surface area contributed by atoms with E-state index < -0.39 is 17.4 Å². The zero-order chi connectivity index (χ0) is 14.0. The molecule has 1 aromatic heterocycles. The molecule has 0 aliphatic rings. The van der Waals surface area contributed by atoms with Crippen molar-refractivity contribution in [2.75, 3.05) is 0 Å². The van der Waals surface area contributed by atoms with E-state index in [1.807, 2.05) is 0 Å². The number of nitrogens with zero attached hydrogens (tertiary/aromatic N) is 2. The maximum atomic E-state index is 12.7. The van der Waals surface area contributed by atoms with Gasteiger partial charge in [-0.3, -0.25) is 5.10 Å². The number of hydrogen-bond donors (Lipinski definition) is 1. The standard InChI is InChI=1S/C11H8F3N3O2/c1-6-4-10(16-15-6)19-7-2-3-9(17-18)8(5-7)11(12,13)14/h2-5H,1H3,(H,15,16). The van der Waals surface area contributed by atoms with Crippen LogP contribution in [0, 0.1) is 11.8 Å². The summed E-state index contributed by atoms with van der Waals surface area (Å²) >= 11 is 0. The molecule has 0 amide bonds. The smallest absolute Gasteiger partial charge is 0.418 e. The number of rotatable bonds is 3. The van der Waals surface area contributed by atoms with Crippen LogP contribution in [0.15, 0.2) is 29.4 Å². The lowest BCUT2D eigenvalue weighted by Crippen LogP contribution is -2.05. The number of halogens is 3. The van der Waals surface area contributed by atoms with Crippen LogP contribution in [0.25, 0.3) is 0 Å². The van der Waals surface area contributed by atoms with Crippen LogP contribution in [0.5, 0.6) is 11.6 Å². The second kappa shape index (κ2) is 4.71. The van der Waals surface area contributed by atoms with E-state index in [2.05, 4.69) is 15.4 Å². The molecular weight excluding hydrogens is 263 g/mol. The Morgan fingerprint density at radius 2 is 2.05 bits per heavy atom. The third kappa shape index (κ3) is 2.90. The molecule has 8 heteroatoms.